The summed E-state index contributed by atoms with van der Waals surface area (Å²) in [6.45, 7) is 10.3. The van der Waals surface area contributed by atoms with Gasteiger partial charge in [0, 0.05) is 42.8 Å². The summed E-state index contributed by atoms with van der Waals surface area (Å²) >= 11 is 7.98. The number of nitrogens with zero attached hydrogens (tertiary/aromatic N) is 4. The van der Waals surface area contributed by atoms with E-state index < -0.39 is 0 Å². The van der Waals surface area contributed by atoms with Gasteiger partial charge in [0.2, 0.25) is 5.28 Å². The summed E-state index contributed by atoms with van der Waals surface area (Å²) in [6.07, 6.45) is 0. The molecule has 1 fully saturated rings. The molecule has 0 amide bonds. The molecule has 4 nitrogen and oxygen atoms in total. The summed E-state index contributed by atoms with van der Waals surface area (Å²) in [4.78, 5) is 15.0. The van der Waals surface area contributed by atoms with Crippen molar-refractivity contribution in [1.82, 2.24) is 9.97 Å². The molecule has 1 aliphatic heterocycles. The van der Waals surface area contributed by atoms with E-state index >= 15 is 0 Å². The Morgan fingerprint density at radius 3 is 2.34 bits per heavy atom. The highest BCUT2D eigenvalue weighted by atomic mass is 35.5. The van der Waals surface area contributed by atoms with Gasteiger partial charge >= 0.3 is 0 Å². The second-order valence-corrected chi connectivity index (χ2v) is 9.93. The van der Waals surface area contributed by atoms with Crippen LogP contribution in [0.1, 0.15) is 30.9 Å². The fourth-order valence-corrected chi connectivity index (χ4v) is 5.54. The first-order valence-electron chi connectivity index (χ1n) is 11.1. The van der Waals surface area contributed by atoms with E-state index in [4.69, 9.17) is 16.6 Å². The van der Waals surface area contributed by atoms with Gasteiger partial charge in [-0.25, -0.2) is 4.98 Å². The van der Waals surface area contributed by atoms with E-state index in [1.54, 1.807) is 11.3 Å². The lowest BCUT2D eigenvalue weighted by atomic mass is 9.99. The lowest BCUT2D eigenvalue weighted by Crippen LogP contribution is -2.47. The van der Waals surface area contributed by atoms with Crippen LogP contribution >= 0.6 is 22.9 Å². The van der Waals surface area contributed by atoms with E-state index in [9.17, 15) is 0 Å². The minimum absolute atomic E-state index is 0.317. The van der Waals surface area contributed by atoms with Crippen molar-refractivity contribution < 1.29 is 0 Å². The van der Waals surface area contributed by atoms with Crippen LogP contribution in [-0.2, 0) is 0 Å². The minimum Gasteiger partial charge on any atom is -0.368 e. The highest BCUT2D eigenvalue weighted by Gasteiger charge is 2.23. The maximum atomic E-state index is 6.34. The molecule has 0 bridgehead atoms. The summed E-state index contributed by atoms with van der Waals surface area (Å²) in [5.74, 6) is 1.47. The van der Waals surface area contributed by atoms with Crippen LogP contribution < -0.4 is 9.80 Å². The van der Waals surface area contributed by atoms with Crippen molar-refractivity contribution in [3.8, 4) is 11.1 Å². The number of thiophene rings is 1. The molecule has 0 spiro atoms. The Morgan fingerprint density at radius 1 is 0.938 bits per heavy atom. The molecule has 6 heteroatoms. The van der Waals surface area contributed by atoms with Crippen LogP contribution in [-0.4, -0.2) is 36.1 Å². The fourth-order valence-electron chi connectivity index (χ4n) is 4.39. The standard InChI is InChI=1S/C26H27ClN4S/c1-17(2)19-7-9-20(10-8-19)22-16-32-25-23(22)24(28-26(27)29-25)31-13-11-30(12-14-31)21-6-4-5-18(3)15-21/h4-10,15-17H,11-14H2,1-3H3. The number of benzene rings is 2. The first-order valence-corrected chi connectivity index (χ1v) is 12.4. The second-order valence-electron chi connectivity index (χ2n) is 8.74. The van der Waals surface area contributed by atoms with E-state index in [-0.39, 0.29) is 0 Å². The third-order valence-corrected chi connectivity index (χ3v) is 7.26. The van der Waals surface area contributed by atoms with Gasteiger partial charge in [0.1, 0.15) is 10.6 Å². The molecule has 2 aromatic carbocycles. The SMILES string of the molecule is Cc1cccc(N2CCN(c3nc(Cl)nc4scc(-c5ccc(C(C)C)cc5)c34)CC2)c1. The summed E-state index contributed by atoms with van der Waals surface area (Å²) in [5.41, 5.74) is 6.32. The number of aromatic nitrogens is 2. The van der Waals surface area contributed by atoms with Crippen LogP contribution in [0, 0.1) is 6.92 Å². The molecule has 0 aliphatic carbocycles. The molecule has 0 N–H and O–H groups in total. The zero-order valence-electron chi connectivity index (χ0n) is 18.7. The maximum absolute atomic E-state index is 6.34. The molecule has 164 valence electrons. The lowest BCUT2D eigenvalue weighted by molar-refractivity contribution is 0.649. The van der Waals surface area contributed by atoms with E-state index in [2.05, 4.69) is 89.5 Å². The van der Waals surface area contributed by atoms with Gasteiger partial charge in [-0.05, 0) is 53.3 Å². The van der Waals surface area contributed by atoms with Crippen LogP contribution in [0.15, 0.2) is 53.9 Å². The summed E-state index contributed by atoms with van der Waals surface area (Å²) in [5, 5.41) is 3.62. The van der Waals surface area contributed by atoms with Gasteiger partial charge in [-0.2, -0.15) is 4.98 Å². The minimum atomic E-state index is 0.317. The molecular formula is C26H27ClN4S. The smallest absolute Gasteiger partial charge is 0.225 e. The van der Waals surface area contributed by atoms with Crippen molar-refractivity contribution in [3.05, 3.63) is 70.3 Å². The molecule has 1 aliphatic rings. The maximum Gasteiger partial charge on any atom is 0.225 e. The number of rotatable bonds is 4. The monoisotopic (exact) mass is 462 g/mol. The number of anilines is 2. The predicted molar refractivity (Wildman–Crippen MR) is 138 cm³/mol. The molecule has 2 aromatic heterocycles. The third-order valence-electron chi connectivity index (χ3n) is 6.22. The van der Waals surface area contributed by atoms with Crippen LogP contribution in [0.25, 0.3) is 21.3 Å². The van der Waals surface area contributed by atoms with Gasteiger partial charge in [0.15, 0.2) is 0 Å². The van der Waals surface area contributed by atoms with Gasteiger partial charge < -0.3 is 9.80 Å². The Morgan fingerprint density at radius 2 is 1.66 bits per heavy atom. The number of hydrogen-bond donors (Lipinski definition) is 0. The summed E-state index contributed by atoms with van der Waals surface area (Å²) in [7, 11) is 0. The van der Waals surface area contributed by atoms with Gasteiger partial charge in [-0.1, -0.05) is 50.2 Å². The fraction of sp³-hybridized carbons (Fsp3) is 0.308. The van der Waals surface area contributed by atoms with Crippen molar-refractivity contribution in [2.45, 2.75) is 26.7 Å². The Hall–Kier alpha value is -2.63. The molecular weight excluding hydrogens is 436 g/mol. The van der Waals surface area contributed by atoms with Gasteiger partial charge in [-0.3, -0.25) is 0 Å². The topological polar surface area (TPSA) is 32.3 Å². The molecule has 3 heterocycles. The van der Waals surface area contributed by atoms with E-state index in [1.807, 2.05) is 0 Å². The van der Waals surface area contributed by atoms with E-state index in [0.717, 1.165) is 42.2 Å². The lowest BCUT2D eigenvalue weighted by Gasteiger charge is -2.37. The highest BCUT2D eigenvalue weighted by molar-refractivity contribution is 7.17. The van der Waals surface area contributed by atoms with Crippen LogP contribution in [0.2, 0.25) is 5.28 Å². The van der Waals surface area contributed by atoms with E-state index in [0.29, 0.717) is 11.2 Å². The molecule has 5 rings (SSSR count). The molecule has 1 saturated heterocycles. The largest absolute Gasteiger partial charge is 0.368 e. The number of fused-ring (bicyclic) bond motifs is 1. The Balaban J connectivity index is 1.47. The van der Waals surface area contributed by atoms with Crippen molar-refractivity contribution in [2.75, 3.05) is 36.0 Å². The first kappa shape index (κ1) is 21.2. The van der Waals surface area contributed by atoms with Crippen molar-refractivity contribution in [3.63, 3.8) is 0 Å². The Kier molecular flexibility index (Phi) is 5.78. The van der Waals surface area contributed by atoms with Gasteiger partial charge in [0.05, 0.1) is 5.39 Å². The predicted octanol–water partition coefficient (Wildman–Crippen LogP) is 6.77. The quantitative estimate of drug-likeness (QED) is 0.313. The molecule has 0 atom stereocenters. The highest BCUT2D eigenvalue weighted by Crippen LogP contribution is 2.39. The normalized spacial score (nSPS) is 14.5. The third kappa shape index (κ3) is 4.07. The second kappa shape index (κ2) is 8.72. The van der Waals surface area contributed by atoms with Crippen LogP contribution in [0.4, 0.5) is 11.5 Å². The number of aryl methyl sites for hydroxylation is 1. The molecule has 0 saturated carbocycles. The molecule has 0 unspecified atom stereocenters. The van der Waals surface area contributed by atoms with Crippen molar-refractivity contribution in [2.24, 2.45) is 0 Å². The van der Waals surface area contributed by atoms with Crippen molar-refractivity contribution >= 4 is 44.7 Å². The summed E-state index contributed by atoms with van der Waals surface area (Å²) < 4.78 is 0. The average molecular weight is 463 g/mol. The Bertz CT molecular complexity index is 1240. The van der Waals surface area contributed by atoms with Gasteiger partial charge in [-0.15, -0.1) is 11.3 Å². The number of piperazine rings is 1. The molecule has 0 radical (unpaired) electrons. The van der Waals surface area contributed by atoms with Crippen LogP contribution in [0.3, 0.4) is 0 Å². The van der Waals surface area contributed by atoms with Crippen molar-refractivity contribution in [1.29, 1.82) is 0 Å². The number of halogens is 1. The molecule has 32 heavy (non-hydrogen) atoms. The average Bonchev–Trinajstić information content (AvgIpc) is 3.22. The Labute approximate surface area is 198 Å². The zero-order valence-corrected chi connectivity index (χ0v) is 20.2. The zero-order chi connectivity index (χ0) is 22.2. The first-order chi connectivity index (χ1) is 15.5. The van der Waals surface area contributed by atoms with E-state index in [1.165, 1.54) is 27.9 Å². The number of hydrogen-bond acceptors (Lipinski definition) is 5. The van der Waals surface area contributed by atoms with Crippen LogP contribution in [0.5, 0.6) is 0 Å². The van der Waals surface area contributed by atoms with Gasteiger partial charge in [0.25, 0.3) is 0 Å². The molecule has 4 aromatic rings. The summed E-state index contributed by atoms with van der Waals surface area (Å²) in [6, 6.07) is 17.6.